The molecule has 1 aromatic carbocycles. The highest BCUT2D eigenvalue weighted by atomic mass is 16.2. The Balaban J connectivity index is 1.61. The summed E-state index contributed by atoms with van der Waals surface area (Å²) in [5.41, 5.74) is 4.35. The molecule has 5 heteroatoms. The van der Waals surface area contributed by atoms with Crippen LogP contribution in [0.3, 0.4) is 0 Å². The first-order chi connectivity index (χ1) is 10.6. The zero-order chi connectivity index (χ0) is 15.5. The Morgan fingerprint density at radius 2 is 1.82 bits per heavy atom. The van der Waals surface area contributed by atoms with E-state index in [1.807, 2.05) is 6.07 Å². The number of rotatable bonds is 4. The molecule has 114 valence electrons. The number of carbonyl (C=O) groups is 1. The second-order valence-electron chi connectivity index (χ2n) is 5.81. The van der Waals surface area contributed by atoms with Crippen molar-refractivity contribution in [1.29, 1.82) is 0 Å². The van der Waals surface area contributed by atoms with E-state index >= 15 is 0 Å². The van der Waals surface area contributed by atoms with Gasteiger partial charge in [-0.1, -0.05) is 6.07 Å². The summed E-state index contributed by atoms with van der Waals surface area (Å²) in [6.07, 6.45) is 3.85. The Hall–Kier alpha value is -2.56. The highest BCUT2D eigenvalue weighted by Gasteiger charge is 2.23. The van der Waals surface area contributed by atoms with Crippen molar-refractivity contribution in [3.05, 3.63) is 47.7 Å². The summed E-state index contributed by atoms with van der Waals surface area (Å²) < 4.78 is 0. The highest BCUT2D eigenvalue weighted by molar-refractivity contribution is 5.88. The van der Waals surface area contributed by atoms with Crippen LogP contribution in [0.15, 0.2) is 36.5 Å². The number of pyridine rings is 1. The molecule has 1 aliphatic carbocycles. The van der Waals surface area contributed by atoms with Gasteiger partial charge in [0, 0.05) is 11.7 Å². The number of aryl methyl sites for hydroxylation is 2. The van der Waals surface area contributed by atoms with E-state index in [2.05, 4.69) is 53.0 Å². The fourth-order valence-corrected chi connectivity index (χ4v) is 2.32. The van der Waals surface area contributed by atoms with Gasteiger partial charge in [0.2, 0.25) is 0 Å². The van der Waals surface area contributed by atoms with Gasteiger partial charge in [0.15, 0.2) is 0 Å². The molecular formula is C17H20N4O. The lowest BCUT2D eigenvalue weighted by atomic mass is 10.1. The largest absolute Gasteiger partial charge is 0.354 e. The molecule has 0 atom stereocenters. The molecule has 1 saturated carbocycles. The van der Waals surface area contributed by atoms with Crippen molar-refractivity contribution in [3.8, 4) is 0 Å². The molecule has 0 radical (unpaired) electrons. The van der Waals surface area contributed by atoms with Crippen LogP contribution in [-0.4, -0.2) is 17.1 Å². The van der Waals surface area contributed by atoms with Crippen LogP contribution in [0, 0.1) is 13.8 Å². The van der Waals surface area contributed by atoms with Crippen molar-refractivity contribution in [2.45, 2.75) is 32.7 Å². The summed E-state index contributed by atoms with van der Waals surface area (Å²) in [6, 6.07) is 10.1. The molecule has 0 spiro atoms. The fraction of sp³-hybridized carbons (Fsp3) is 0.294. The molecule has 0 saturated heterocycles. The minimum atomic E-state index is -0.190. The number of nitrogens with zero attached hydrogens (tertiary/aromatic N) is 1. The van der Waals surface area contributed by atoms with E-state index in [-0.39, 0.29) is 6.03 Å². The molecular weight excluding hydrogens is 276 g/mol. The van der Waals surface area contributed by atoms with E-state index in [9.17, 15) is 4.79 Å². The number of amides is 2. The molecule has 1 aromatic heterocycles. The first-order valence-electron chi connectivity index (χ1n) is 7.47. The van der Waals surface area contributed by atoms with Crippen LogP contribution in [0.4, 0.5) is 22.0 Å². The second kappa shape index (κ2) is 6.05. The number of hydrogen-bond acceptors (Lipinski definition) is 3. The van der Waals surface area contributed by atoms with E-state index in [1.165, 1.54) is 11.1 Å². The Labute approximate surface area is 130 Å². The number of urea groups is 1. The maximum Gasteiger partial charge on any atom is 0.320 e. The SMILES string of the molecule is Cc1cc(C)cc(Nc2ccc(NC(=O)NC3CC3)nc2)c1. The minimum Gasteiger partial charge on any atom is -0.354 e. The average molecular weight is 296 g/mol. The van der Waals surface area contributed by atoms with Crippen molar-refractivity contribution in [3.63, 3.8) is 0 Å². The van der Waals surface area contributed by atoms with Gasteiger partial charge in [-0.05, 0) is 62.1 Å². The highest BCUT2D eigenvalue weighted by Crippen LogP contribution is 2.20. The summed E-state index contributed by atoms with van der Waals surface area (Å²) in [6.45, 7) is 4.14. The van der Waals surface area contributed by atoms with Crippen molar-refractivity contribution in [2.24, 2.45) is 0 Å². The van der Waals surface area contributed by atoms with Gasteiger partial charge < -0.3 is 10.6 Å². The summed E-state index contributed by atoms with van der Waals surface area (Å²) in [5, 5.41) is 8.91. The number of anilines is 3. The number of benzene rings is 1. The van der Waals surface area contributed by atoms with Crippen molar-refractivity contribution < 1.29 is 4.79 Å². The standard InChI is InChI=1S/C17H20N4O/c1-11-7-12(2)9-15(8-11)19-14-5-6-16(18-10-14)21-17(22)20-13-3-4-13/h5-10,13,19H,3-4H2,1-2H3,(H2,18,20,21,22). The zero-order valence-electron chi connectivity index (χ0n) is 12.8. The maximum atomic E-state index is 11.6. The number of carbonyl (C=O) groups excluding carboxylic acids is 1. The lowest BCUT2D eigenvalue weighted by Crippen LogP contribution is -2.30. The maximum absolute atomic E-state index is 11.6. The van der Waals surface area contributed by atoms with E-state index in [0.717, 1.165) is 24.2 Å². The monoisotopic (exact) mass is 296 g/mol. The zero-order valence-corrected chi connectivity index (χ0v) is 12.8. The van der Waals surface area contributed by atoms with Crippen LogP contribution < -0.4 is 16.0 Å². The third-order valence-electron chi connectivity index (χ3n) is 3.43. The predicted molar refractivity (Wildman–Crippen MR) is 88.6 cm³/mol. The molecule has 1 aliphatic rings. The average Bonchev–Trinajstić information content (AvgIpc) is 3.23. The van der Waals surface area contributed by atoms with E-state index in [4.69, 9.17) is 0 Å². The van der Waals surface area contributed by atoms with Crippen molar-refractivity contribution in [2.75, 3.05) is 10.6 Å². The summed E-state index contributed by atoms with van der Waals surface area (Å²) in [4.78, 5) is 15.9. The molecule has 1 fully saturated rings. The normalized spacial score (nSPS) is 13.5. The van der Waals surface area contributed by atoms with E-state index in [1.54, 1.807) is 12.3 Å². The summed E-state index contributed by atoms with van der Waals surface area (Å²) in [5.74, 6) is 0.545. The number of hydrogen-bond donors (Lipinski definition) is 3. The quantitative estimate of drug-likeness (QED) is 0.805. The number of nitrogens with one attached hydrogen (secondary N) is 3. The third kappa shape index (κ3) is 3.97. The second-order valence-corrected chi connectivity index (χ2v) is 5.81. The van der Waals surface area contributed by atoms with Gasteiger partial charge in [0.05, 0.1) is 11.9 Å². The molecule has 2 amide bonds. The fourth-order valence-electron chi connectivity index (χ4n) is 2.32. The van der Waals surface area contributed by atoms with Crippen LogP contribution >= 0.6 is 0 Å². The Morgan fingerprint density at radius 1 is 1.09 bits per heavy atom. The van der Waals surface area contributed by atoms with E-state index < -0.39 is 0 Å². The van der Waals surface area contributed by atoms with Crippen LogP contribution in [0.2, 0.25) is 0 Å². The van der Waals surface area contributed by atoms with Gasteiger partial charge in [0.1, 0.15) is 5.82 Å². The molecule has 3 rings (SSSR count). The van der Waals surface area contributed by atoms with Crippen LogP contribution in [0.1, 0.15) is 24.0 Å². The topological polar surface area (TPSA) is 66.0 Å². The molecule has 5 nitrogen and oxygen atoms in total. The van der Waals surface area contributed by atoms with Crippen LogP contribution in [0.25, 0.3) is 0 Å². The molecule has 1 heterocycles. The molecule has 2 aromatic rings. The van der Waals surface area contributed by atoms with Gasteiger partial charge in [-0.15, -0.1) is 0 Å². The molecule has 0 unspecified atom stereocenters. The smallest absolute Gasteiger partial charge is 0.320 e. The molecule has 3 N–H and O–H groups in total. The Morgan fingerprint density at radius 3 is 2.41 bits per heavy atom. The lowest BCUT2D eigenvalue weighted by molar-refractivity contribution is 0.251. The van der Waals surface area contributed by atoms with Crippen molar-refractivity contribution >= 4 is 23.2 Å². The minimum absolute atomic E-state index is 0.190. The molecule has 0 aliphatic heterocycles. The van der Waals surface area contributed by atoms with Gasteiger partial charge in [-0.2, -0.15) is 0 Å². The predicted octanol–water partition coefficient (Wildman–Crippen LogP) is 3.73. The molecule has 22 heavy (non-hydrogen) atoms. The number of aromatic nitrogens is 1. The summed E-state index contributed by atoms with van der Waals surface area (Å²) in [7, 11) is 0. The van der Waals surface area contributed by atoms with Gasteiger partial charge >= 0.3 is 6.03 Å². The van der Waals surface area contributed by atoms with Gasteiger partial charge in [-0.3, -0.25) is 5.32 Å². The van der Waals surface area contributed by atoms with Gasteiger partial charge in [0.25, 0.3) is 0 Å². The van der Waals surface area contributed by atoms with E-state index in [0.29, 0.717) is 11.9 Å². The first-order valence-corrected chi connectivity index (χ1v) is 7.47. The molecule has 0 bridgehead atoms. The Kier molecular flexibility index (Phi) is 3.96. The van der Waals surface area contributed by atoms with Crippen molar-refractivity contribution in [1.82, 2.24) is 10.3 Å². The summed E-state index contributed by atoms with van der Waals surface area (Å²) >= 11 is 0. The van der Waals surface area contributed by atoms with Crippen LogP contribution in [0.5, 0.6) is 0 Å². The first kappa shape index (κ1) is 14.4. The van der Waals surface area contributed by atoms with Gasteiger partial charge in [-0.25, -0.2) is 9.78 Å². The van der Waals surface area contributed by atoms with Crippen LogP contribution in [-0.2, 0) is 0 Å². The third-order valence-corrected chi connectivity index (χ3v) is 3.43. The lowest BCUT2D eigenvalue weighted by Gasteiger charge is -2.10. The Bertz CT molecular complexity index is 657.